The maximum absolute atomic E-state index is 6.25. The number of nitrogens with zero attached hydrogens (tertiary/aromatic N) is 1. The smallest absolute Gasteiger partial charge is 0.332 e. The first-order valence-electron chi connectivity index (χ1n) is 16.5. The normalized spacial score (nSPS) is 19.2. The number of ether oxygens (including phenoxy) is 1. The fraction of sp³-hybridized carbons (Fsp3) is 1.00. The molecule has 0 radical (unpaired) electrons. The van der Waals surface area contributed by atoms with Crippen molar-refractivity contribution in [3.8, 4) is 0 Å². The highest BCUT2D eigenvalue weighted by Gasteiger charge is 2.27. The Morgan fingerprint density at radius 3 is 1.85 bits per heavy atom. The molecule has 0 N–H and O–H groups in total. The Hall–Kier alpha value is 0.580. The summed E-state index contributed by atoms with van der Waals surface area (Å²) in [5.41, 5.74) is 0. The van der Waals surface area contributed by atoms with Crippen molar-refractivity contribution in [1.29, 1.82) is 0 Å². The molecule has 0 aromatic carbocycles. The lowest BCUT2D eigenvalue weighted by atomic mass is 10.0. The number of rotatable bonds is 27. The molecule has 0 aliphatic carbocycles. The average molecular weight is 593 g/mol. The molecule has 1 fully saturated rings. The minimum absolute atomic E-state index is 0.251. The number of thioether (sulfide) groups is 1. The number of likely N-dealkylation sites (tertiary alicyclic amines) is 1. The quantitative estimate of drug-likeness (QED) is 0.0539. The van der Waals surface area contributed by atoms with Crippen LogP contribution in [-0.2, 0) is 18.3 Å². The Morgan fingerprint density at radius 1 is 0.744 bits per heavy atom. The van der Waals surface area contributed by atoms with Crippen molar-refractivity contribution in [2.24, 2.45) is 5.92 Å². The first-order valence-corrected chi connectivity index (χ1v) is 18.8. The summed E-state index contributed by atoms with van der Waals surface area (Å²) in [7, 11) is 6.84. The molecule has 234 valence electrons. The lowest BCUT2D eigenvalue weighted by molar-refractivity contribution is -0.889. The van der Waals surface area contributed by atoms with Crippen molar-refractivity contribution in [1.82, 2.24) is 0 Å². The second-order valence-corrected chi connectivity index (χ2v) is 14.9. The van der Waals surface area contributed by atoms with Gasteiger partial charge in [0.1, 0.15) is 0 Å². The molecule has 1 saturated heterocycles. The molecule has 0 bridgehead atoms. The van der Waals surface area contributed by atoms with Gasteiger partial charge in [-0.25, -0.2) is 0 Å². The summed E-state index contributed by atoms with van der Waals surface area (Å²) in [5.74, 6) is 2.70. The van der Waals surface area contributed by atoms with Gasteiger partial charge in [0.15, 0.2) is 0 Å². The molecular formula is C32H67NO4PS+. The Labute approximate surface area is 249 Å². The highest BCUT2D eigenvalue weighted by molar-refractivity contribution is 7.99. The standard InChI is InChI=1S/C32H67NO4PS/c1-6-7-8-9-10-11-12-13-14-15-16-17-18-19-20-21-27-39-30-31(28-34-4)29-36-38(35-5)37-32-23-22-25-33(2,3)26-24-32/h31-32H,6-30H2,1-5H3/q+1. The lowest BCUT2D eigenvalue weighted by Gasteiger charge is -2.28. The van der Waals surface area contributed by atoms with Crippen molar-refractivity contribution in [3.05, 3.63) is 0 Å². The summed E-state index contributed by atoms with van der Waals surface area (Å²) in [5, 5.41) is 0. The molecule has 0 amide bonds. The molecule has 0 spiro atoms. The van der Waals surface area contributed by atoms with Gasteiger partial charge in [0.25, 0.3) is 0 Å². The number of hydrogen-bond acceptors (Lipinski definition) is 5. The van der Waals surface area contributed by atoms with Crippen molar-refractivity contribution in [2.75, 3.05) is 66.1 Å². The van der Waals surface area contributed by atoms with Gasteiger partial charge in [0, 0.05) is 32.3 Å². The van der Waals surface area contributed by atoms with Crippen LogP contribution in [0.4, 0.5) is 0 Å². The van der Waals surface area contributed by atoms with Crippen molar-refractivity contribution >= 4 is 20.4 Å². The second kappa shape index (κ2) is 26.2. The van der Waals surface area contributed by atoms with Crippen LogP contribution in [0.2, 0.25) is 0 Å². The van der Waals surface area contributed by atoms with Gasteiger partial charge in [0.05, 0.1) is 46.5 Å². The first kappa shape index (κ1) is 37.6. The Morgan fingerprint density at radius 2 is 1.31 bits per heavy atom. The van der Waals surface area contributed by atoms with E-state index in [2.05, 4.69) is 21.0 Å². The highest BCUT2D eigenvalue weighted by Crippen LogP contribution is 2.42. The van der Waals surface area contributed by atoms with E-state index < -0.39 is 8.60 Å². The van der Waals surface area contributed by atoms with Gasteiger partial charge < -0.3 is 22.8 Å². The fourth-order valence-corrected chi connectivity index (χ4v) is 7.54. The van der Waals surface area contributed by atoms with Gasteiger partial charge in [-0.3, -0.25) is 0 Å². The molecule has 1 heterocycles. The maximum Gasteiger partial charge on any atom is 0.332 e. The van der Waals surface area contributed by atoms with E-state index in [0.29, 0.717) is 12.5 Å². The van der Waals surface area contributed by atoms with E-state index in [0.717, 1.165) is 36.2 Å². The lowest BCUT2D eigenvalue weighted by Crippen LogP contribution is -2.40. The van der Waals surface area contributed by atoms with Crippen LogP contribution in [0.15, 0.2) is 0 Å². The number of methoxy groups -OCH3 is 1. The van der Waals surface area contributed by atoms with Crippen LogP contribution in [0.5, 0.6) is 0 Å². The van der Waals surface area contributed by atoms with Crippen LogP contribution in [-0.4, -0.2) is 76.7 Å². The summed E-state index contributed by atoms with van der Waals surface area (Å²) in [6, 6.07) is 0. The average Bonchev–Trinajstić information content (AvgIpc) is 3.09. The zero-order valence-electron chi connectivity index (χ0n) is 26.8. The summed E-state index contributed by atoms with van der Waals surface area (Å²) >= 11 is 2.05. The molecule has 1 aliphatic heterocycles. The van der Waals surface area contributed by atoms with Gasteiger partial charge in [-0.15, -0.1) is 0 Å². The van der Waals surface area contributed by atoms with Gasteiger partial charge in [-0.2, -0.15) is 11.8 Å². The molecule has 0 aromatic rings. The maximum atomic E-state index is 6.25. The van der Waals surface area contributed by atoms with Gasteiger partial charge in [-0.05, 0) is 25.0 Å². The van der Waals surface area contributed by atoms with Crippen LogP contribution in [0.1, 0.15) is 129 Å². The number of hydrogen-bond donors (Lipinski definition) is 0. The summed E-state index contributed by atoms with van der Waals surface area (Å²) in [6.45, 7) is 6.05. The van der Waals surface area contributed by atoms with Gasteiger partial charge in [-0.1, -0.05) is 103 Å². The van der Waals surface area contributed by atoms with E-state index in [1.54, 1.807) is 14.2 Å². The molecule has 7 heteroatoms. The summed E-state index contributed by atoms with van der Waals surface area (Å²) < 4.78 is 24.5. The number of quaternary nitrogens is 1. The van der Waals surface area contributed by atoms with E-state index in [9.17, 15) is 0 Å². The third kappa shape index (κ3) is 22.8. The molecular weight excluding hydrogens is 525 g/mol. The molecule has 5 nitrogen and oxygen atoms in total. The zero-order valence-corrected chi connectivity index (χ0v) is 28.5. The van der Waals surface area contributed by atoms with Crippen LogP contribution in [0, 0.1) is 5.92 Å². The van der Waals surface area contributed by atoms with E-state index in [4.69, 9.17) is 18.3 Å². The van der Waals surface area contributed by atoms with Crippen molar-refractivity contribution in [3.63, 3.8) is 0 Å². The monoisotopic (exact) mass is 592 g/mol. The summed E-state index contributed by atoms with van der Waals surface area (Å²) in [6.07, 6.45) is 26.4. The minimum Gasteiger partial charge on any atom is -0.384 e. The molecule has 0 aromatic heterocycles. The zero-order chi connectivity index (χ0) is 28.4. The molecule has 1 aliphatic rings. The Kier molecular flexibility index (Phi) is 25.3. The SMILES string of the molecule is CCCCCCCCCCCCCCCCCCSCC(COC)COP(OC)OC1CCC[N+](C)(C)CC1. The predicted molar refractivity (Wildman–Crippen MR) is 173 cm³/mol. The topological polar surface area (TPSA) is 36.9 Å². The van der Waals surface area contributed by atoms with Crippen molar-refractivity contribution in [2.45, 2.75) is 135 Å². The molecule has 1 rings (SSSR count). The van der Waals surface area contributed by atoms with Gasteiger partial charge in [0.2, 0.25) is 0 Å². The van der Waals surface area contributed by atoms with Crippen LogP contribution in [0.25, 0.3) is 0 Å². The Bertz CT molecular complexity index is 528. The third-order valence-corrected chi connectivity index (χ3v) is 10.5. The fourth-order valence-electron chi connectivity index (χ4n) is 5.40. The van der Waals surface area contributed by atoms with Crippen LogP contribution in [0.3, 0.4) is 0 Å². The second-order valence-electron chi connectivity index (χ2n) is 12.4. The minimum atomic E-state index is -1.28. The van der Waals surface area contributed by atoms with Crippen LogP contribution >= 0.6 is 20.4 Å². The first-order chi connectivity index (χ1) is 19.0. The predicted octanol–water partition coefficient (Wildman–Crippen LogP) is 9.78. The molecule has 0 saturated carbocycles. The largest absolute Gasteiger partial charge is 0.384 e. The molecule has 39 heavy (non-hydrogen) atoms. The molecule has 3 unspecified atom stereocenters. The highest BCUT2D eigenvalue weighted by atomic mass is 32.2. The third-order valence-electron chi connectivity index (χ3n) is 8.04. The van der Waals surface area contributed by atoms with E-state index in [-0.39, 0.29) is 6.10 Å². The Balaban J connectivity index is 1.98. The van der Waals surface area contributed by atoms with Crippen molar-refractivity contribution < 1.29 is 22.8 Å². The van der Waals surface area contributed by atoms with Crippen LogP contribution < -0.4 is 0 Å². The van der Waals surface area contributed by atoms with E-state index in [1.165, 1.54) is 121 Å². The van der Waals surface area contributed by atoms with Gasteiger partial charge >= 0.3 is 8.60 Å². The van der Waals surface area contributed by atoms with E-state index in [1.807, 2.05) is 11.8 Å². The van der Waals surface area contributed by atoms with E-state index >= 15 is 0 Å². The summed E-state index contributed by atoms with van der Waals surface area (Å²) in [4.78, 5) is 0. The number of unbranched alkanes of at least 4 members (excludes halogenated alkanes) is 15. The molecule has 3 atom stereocenters.